The van der Waals surface area contributed by atoms with E-state index < -0.39 is 0 Å². The van der Waals surface area contributed by atoms with Crippen molar-refractivity contribution in [3.8, 4) is 11.1 Å². The number of hydrogen-bond acceptors (Lipinski definition) is 3. The van der Waals surface area contributed by atoms with Crippen molar-refractivity contribution in [2.75, 3.05) is 5.32 Å². The van der Waals surface area contributed by atoms with Crippen molar-refractivity contribution >= 4 is 22.6 Å². The Kier molecular flexibility index (Phi) is 5.84. The Hall–Kier alpha value is -2.88. The number of unbranched alkanes of at least 4 members (excludes halogenated alkanes) is 3. The molecule has 4 heteroatoms. The largest absolute Gasteiger partial charge is 0.422 e. The molecule has 0 unspecified atom stereocenters. The van der Waals surface area contributed by atoms with Crippen LogP contribution >= 0.6 is 0 Å². The highest BCUT2D eigenvalue weighted by atomic mass is 16.4. The van der Waals surface area contributed by atoms with Crippen molar-refractivity contribution in [3.63, 3.8) is 0 Å². The normalized spacial score (nSPS) is 10.8. The van der Waals surface area contributed by atoms with E-state index in [9.17, 15) is 9.59 Å². The summed E-state index contributed by atoms with van der Waals surface area (Å²) < 4.78 is 5.48. The maximum Gasteiger partial charge on any atom is 0.344 e. The third-order valence-electron chi connectivity index (χ3n) is 4.36. The molecule has 0 saturated heterocycles. The third kappa shape index (κ3) is 4.39. The Bertz CT molecular complexity index is 945. The van der Waals surface area contributed by atoms with E-state index in [1.165, 1.54) is 0 Å². The zero-order chi connectivity index (χ0) is 18.4. The van der Waals surface area contributed by atoms with Crippen LogP contribution in [0.1, 0.15) is 39.0 Å². The number of benzene rings is 2. The number of amides is 1. The number of carbonyl (C=O) groups excluding carboxylic acids is 1. The highest BCUT2D eigenvalue weighted by Gasteiger charge is 2.09. The molecule has 1 aromatic heterocycles. The molecule has 3 rings (SSSR count). The highest BCUT2D eigenvalue weighted by Crippen LogP contribution is 2.23. The highest BCUT2D eigenvalue weighted by molar-refractivity contribution is 5.93. The van der Waals surface area contributed by atoms with Gasteiger partial charge in [0.2, 0.25) is 5.91 Å². The molecule has 0 aliphatic carbocycles. The quantitative estimate of drug-likeness (QED) is 0.461. The Labute approximate surface area is 152 Å². The third-order valence-corrected chi connectivity index (χ3v) is 4.36. The molecule has 2 aromatic carbocycles. The monoisotopic (exact) mass is 349 g/mol. The molecule has 3 aromatic rings. The van der Waals surface area contributed by atoms with Gasteiger partial charge in [-0.05, 0) is 30.2 Å². The lowest BCUT2D eigenvalue weighted by atomic mass is 10.1. The van der Waals surface area contributed by atoms with Gasteiger partial charge in [-0.25, -0.2) is 4.79 Å². The van der Waals surface area contributed by atoms with Gasteiger partial charge >= 0.3 is 5.63 Å². The summed E-state index contributed by atoms with van der Waals surface area (Å²) in [4.78, 5) is 24.3. The minimum atomic E-state index is -0.383. The first-order chi connectivity index (χ1) is 12.7. The van der Waals surface area contributed by atoms with E-state index in [4.69, 9.17) is 4.42 Å². The van der Waals surface area contributed by atoms with E-state index in [0.29, 0.717) is 23.3 Å². The predicted molar refractivity (Wildman–Crippen MR) is 105 cm³/mol. The van der Waals surface area contributed by atoms with Gasteiger partial charge in [-0.1, -0.05) is 56.5 Å². The van der Waals surface area contributed by atoms with E-state index in [1.54, 1.807) is 6.07 Å². The van der Waals surface area contributed by atoms with Gasteiger partial charge in [0.05, 0.1) is 5.56 Å². The predicted octanol–water partition coefficient (Wildman–Crippen LogP) is 5.37. The molecular weight excluding hydrogens is 326 g/mol. The van der Waals surface area contributed by atoms with Crippen molar-refractivity contribution in [2.45, 2.75) is 39.0 Å². The van der Waals surface area contributed by atoms with Gasteiger partial charge in [0.1, 0.15) is 5.58 Å². The summed E-state index contributed by atoms with van der Waals surface area (Å²) in [5, 5.41) is 3.70. The van der Waals surface area contributed by atoms with Crippen LogP contribution in [0.15, 0.2) is 63.8 Å². The van der Waals surface area contributed by atoms with Crippen molar-refractivity contribution < 1.29 is 9.21 Å². The number of rotatable bonds is 7. The molecule has 4 nitrogen and oxygen atoms in total. The van der Waals surface area contributed by atoms with Crippen LogP contribution in [0.2, 0.25) is 0 Å². The fraction of sp³-hybridized carbons (Fsp3) is 0.273. The fourth-order valence-electron chi connectivity index (χ4n) is 2.94. The summed E-state index contributed by atoms with van der Waals surface area (Å²) in [5.74, 6) is -0.0105. The number of anilines is 1. The average Bonchev–Trinajstić information content (AvgIpc) is 2.65. The Balaban J connectivity index is 1.77. The summed E-state index contributed by atoms with van der Waals surface area (Å²) in [6, 6.07) is 16.7. The van der Waals surface area contributed by atoms with Crippen LogP contribution in [0.3, 0.4) is 0 Å². The van der Waals surface area contributed by atoms with E-state index in [-0.39, 0.29) is 11.5 Å². The first kappa shape index (κ1) is 17.9. The van der Waals surface area contributed by atoms with Crippen LogP contribution in [0.4, 0.5) is 5.69 Å². The topological polar surface area (TPSA) is 59.3 Å². The summed E-state index contributed by atoms with van der Waals surface area (Å²) in [6.45, 7) is 2.14. The minimum Gasteiger partial charge on any atom is -0.422 e. The Morgan fingerprint density at radius 1 is 1.00 bits per heavy atom. The molecule has 0 saturated carbocycles. The summed E-state index contributed by atoms with van der Waals surface area (Å²) in [6.07, 6.45) is 4.77. The number of hydrogen-bond donors (Lipinski definition) is 1. The van der Waals surface area contributed by atoms with Crippen LogP contribution in [-0.2, 0) is 4.79 Å². The maximum absolute atomic E-state index is 12.3. The van der Waals surface area contributed by atoms with Crippen LogP contribution in [0, 0.1) is 0 Å². The molecule has 0 bridgehead atoms. The second kappa shape index (κ2) is 8.48. The molecule has 0 aliphatic rings. The van der Waals surface area contributed by atoms with E-state index in [0.717, 1.165) is 36.6 Å². The molecule has 0 spiro atoms. The number of fused-ring (bicyclic) bond motifs is 1. The van der Waals surface area contributed by atoms with E-state index >= 15 is 0 Å². The van der Waals surface area contributed by atoms with E-state index in [1.807, 2.05) is 48.5 Å². The van der Waals surface area contributed by atoms with Gasteiger partial charge < -0.3 is 9.73 Å². The van der Waals surface area contributed by atoms with Crippen LogP contribution in [-0.4, -0.2) is 5.91 Å². The Morgan fingerprint density at radius 3 is 2.58 bits per heavy atom. The molecule has 1 amide bonds. The molecule has 1 heterocycles. The van der Waals surface area contributed by atoms with Crippen molar-refractivity contribution in [1.82, 2.24) is 0 Å². The SMILES string of the molecule is CCCCCCC(=O)Nc1ccc2cc(-c3ccccc3)c(=O)oc2c1. The molecule has 0 atom stereocenters. The number of nitrogens with one attached hydrogen (secondary N) is 1. The average molecular weight is 349 g/mol. The molecule has 134 valence electrons. The van der Waals surface area contributed by atoms with E-state index in [2.05, 4.69) is 12.2 Å². The summed E-state index contributed by atoms with van der Waals surface area (Å²) in [5.41, 5.74) is 2.09. The lowest BCUT2D eigenvalue weighted by Gasteiger charge is -2.07. The molecule has 26 heavy (non-hydrogen) atoms. The maximum atomic E-state index is 12.3. The molecule has 1 N–H and O–H groups in total. The van der Waals surface area contributed by atoms with Crippen molar-refractivity contribution in [1.29, 1.82) is 0 Å². The standard InChI is InChI=1S/C22H23NO3/c1-2-3-4-8-11-21(24)23-18-13-12-17-14-19(16-9-6-5-7-10-16)22(25)26-20(17)15-18/h5-7,9-10,12-15H,2-4,8,11H2,1H3,(H,23,24). The smallest absolute Gasteiger partial charge is 0.344 e. The first-order valence-electron chi connectivity index (χ1n) is 9.10. The fourth-order valence-corrected chi connectivity index (χ4v) is 2.94. The summed E-state index contributed by atoms with van der Waals surface area (Å²) >= 11 is 0. The van der Waals surface area contributed by atoms with Crippen LogP contribution in [0.5, 0.6) is 0 Å². The van der Waals surface area contributed by atoms with Gasteiger partial charge in [-0.2, -0.15) is 0 Å². The van der Waals surface area contributed by atoms with Gasteiger partial charge in [0.25, 0.3) is 0 Å². The zero-order valence-electron chi connectivity index (χ0n) is 15.0. The second-order valence-corrected chi connectivity index (χ2v) is 6.42. The molecule has 0 radical (unpaired) electrons. The van der Waals surface area contributed by atoms with Crippen molar-refractivity contribution in [2.24, 2.45) is 0 Å². The van der Waals surface area contributed by atoms with Gasteiger partial charge in [-0.3, -0.25) is 4.79 Å². The van der Waals surface area contributed by atoms with Gasteiger partial charge in [0.15, 0.2) is 0 Å². The minimum absolute atomic E-state index is 0.0105. The zero-order valence-corrected chi connectivity index (χ0v) is 15.0. The lowest BCUT2D eigenvalue weighted by molar-refractivity contribution is -0.116. The van der Waals surface area contributed by atoms with Crippen LogP contribution < -0.4 is 10.9 Å². The lowest BCUT2D eigenvalue weighted by Crippen LogP contribution is -2.11. The molecular formula is C22H23NO3. The summed E-state index contributed by atoms with van der Waals surface area (Å²) in [7, 11) is 0. The first-order valence-corrected chi connectivity index (χ1v) is 9.10. The second-order valence-electron chi connectivity index (χ2n) is 6.42. The van der Waals surface area contributed by atoms with Gasteiger partial charge in [0, 0.05) is 23.6 Å². The van der Waals surface area contributed by atoms with Gasteiger partial charge in [-0.15, -0.1) is 0 Å². The Morgan fingerprint density at radius 2 is 1.81 bits per heavy atom. The molecule has 0 aliphatic heterocycles. The van der Waals surface area contributed by atoms with Crippen LogP contribution in [0.25, 0.3) is 22.1 Å². The molecule has 0 fully saturated rings. The number of carbonyl (C=O) groups is 1. The van der Waals surface area contributed by atoms with Crippen molar-refractivity contribution in [3.05, 3.63) is 65.0 Å².